The molecular formula is C54H57F3N8O6S4. The Kier molecular flexibility index (Phi) is 18.0. The van der Waals surface area contributed by atoms with Crippen LogP contribution in [0.2, 0.25) is 0 Å². The van der Waals surface area contributed by atoms with Crippen molar-refractivity contribution in [2.45, 2.75) is 84.6 Å². The molecule has 1 aliphatic rings. The summed E-state index contributed by atoms with van der Waals surface area (Å²) in [4.78, 5) is 28.0. The first kappa shape index (κ1) is 54.9. The molecule has 11 N–H and O–H groups in total. The standard InChI is InChI=1S/C52H56N8O4S4.C2HF3O2/c1-29-25-65-49(57-29)51-59-43(27-67-51)23-63-47-39-15-33(5-9-55)16-40(47)20-36-12-32(4-8-54)14-38(46(36)62)22-42-18-34(6-10-56)17-41(21-37-13-31(3-7-53)11-35(19-39)45(37)61)48(42)64-24-44-28-68-52(60-44)50-58-30(2)26-66-50;3-2(4,5)1(6)7/h11-18,25-28,61-62H,3-10,19-24,53-56H2,1-2H3;(H,6,7). The van der Waals surface area contributed by atoms with E-state index in [0.29, 0.717) is 89.0 Å². The average Bonchev–Trinajstić information content (AvgIpc) is 4.21. The van der Waals surface area contributed by atoms with Crippen LogP contribution in [-0.2, 0) is 69.4 Å². The van der Waals surface area contributed by atoms with Crippen LogP contribution in [0.1, 0.15) is 89.5 Å². The highest BCUT2D eigenvalue weighted by atomic mass is 32.1. The number of carboxylic acids is 1. The molecule has 14 nitrogen and oxygen atoms in total. The number of rotatable bonds is 16. The predicted octanol–water partition coefficient (Wildman–Crippen LogP) is 9.35. The third-order valence-corrected chi connectivity index (χ3v) is 16.2. The van der Waals surface area contributed by atoms with Gasteiger partial charge in [0.2, 0.25) is 0 Å². The lowest BCUT2D eigenvalue weighted by atomic mass is 9.87. The topological polar surface area (TPSA) is 252 Å². The number of fused-ring (bicyclic) bond motifs is 8. The van der Waals surface area contributed by atoms with Crippen molar-refractivity contribution in [3.05, 3.63) is 160 Å². The molecule has 0 amide bonds. The van der Waals surface area contributed by atoms with Crippen LogP contribution in [0.3, 0.4) is 0 Å². The first-order chi connectivity index (χ1) is 36.0. The van der Waals surface area contributed by atoms with Crippen LogP contribution in [-0.4, -0.2) is 73.6 Å². The Morgan fingerprint density at radius 2 is 0.773 bits per heavy atom. The Bertz CT molecular complexity index is 3000. The van der Waals surface area contributed by atoms with E-state index in [2.05, 4.69) is 58.5 Å². The second-order valence-electron chi connectivity index (χ2n) is 18.1. The molecule has 4 aromatic heterocycles. The Hall–Kier alpha value is -6.30. The van der Waals surface area contributed by atoms with Gasteiger partial charge in [0.25, 0.3) is 0 Å². The number of ether oxygens (including phenoxy) is 2. The Balaban J connectivity index is 0.000000997. The number of aromatic nitrogens is 4. The van der Waals surface area contributed by atoms with E-state index in [1.165, 1.54) is 0 Å². The zero-order valence-electron chi connectivity index (χ0n) is 41.3. The fourth-order valence-corrected chi connectivity index (χ4v) is 12.3. The largest absolute Gasteiger partial charge is 0.507 e. The molecule has 0 atom stereocenters. The van der Waals surface area contributed by atoms with Crippen LogP contribution in [0, 0.1) is 13.8 Å². The second kappa shape index (κ2) is 24.6. The third kappa shape index (κ3) is 13.8. The van der Waals surface area contributed by atoms with Crippen molar-refractivity contribution >= 4 is 51.3 Å². The monoisotopic (exact) mass is 1100 g/mol. The molecular weight excluding hydrogens is 1040 g/mol. The van der Waals surface area contributed by atoms with Crippen molar-refractivity contribution in [1.29, 1.82) is 0 Å². The molecule has 0 radical (unpaired) electrons. The summed E-state index contributed by atoms with van der Waals surface area (Å²) in [6.45, 7) is 6.16. The molecule has 0 unspecified atom stereocenters. The van der Waals surface area contributed by atoms with Gasteiger partial charge in [0, 0.05) is 58.6 Å². The van der Waals surface area contributed by atoms with Crippen LogP contribution in [0.4, 0.5) is 13.2 Å². The number of nitrogens with two attached hydrogens (primary N) is 4. The van der Waals surface area contributed by atoms with Crippen molar-refractivity contribution in [3.63, 3.8) is 0 Å². The van der Waals surface area contributed by atoms with E-state index >= 15 is 0 Å². The molecule has 75 heavy (non-hydrogen) atoms. The minimum absolute atomic E-state index is 0.200. The molecule has 0 spiro atoms. The molecule has 0 fully saturated rings. The van der Waals surface area contributed by atoms with Gasteiger partial charge < -0.3 is 47.7 Å². The number of phenolic OH excluding ortho intramolecular Hbond substituents is 2. The number of aryl methyl sites for hydroxylation is 2. The van der Waals surface area contributed by atoms with Gasteiger partial charge >= 0.3 is 12.1 Å². The molecule has 394 valence electrons. The maximum absolute atomic E-state index is 12.5. The molecule has 0 saturated heterocycles. The van der Waals surface area contributed by atoms with Crippen molar-refractivity contribution in [2.75, 3.05) is 26.2 Å². The molecule has 9 rings (SSSR count). The number of aromatic hydroxyl groups is 2. The van der Waals surface area contributed by atoms with Gasteiger partial charge in [-0.2, -0.15) is 13.2 Å². The molecule has 21 heteroatoms. The van der Waals surface area contributed by atoms with Gasteiger partial charge in [0.15, 0.2) is 20.0 Å². The molecule has 8 aromatic rings. The lowest BCUT2D eigenvalue weighted by molar-refractivity contribution is -0.192. The van der Waals surface area contributed by atoms with Crippen molar-refractivity contribution in [1.82, 2.24) is 19.9 Å². The summed E-state index contributed by atoms with van der Waals surface area (Å²) in [6, 6.07) is 16.8. The number of nitrogens with zero attached hydrogens (tertiary/aromatic N) is 4. The number of aliphatic carboxylic acids is 1. The van der Waals surface area contributed by atoms with Crippen molar-refractivity contribution in [2.24, 2.45) is 22.9 Å². The maximum atomic E-state index is 12.5. The van der Waals surface area contributed by atoms with E-state index < -0.39 is 12.1 Å². The molecule has 8 bridgehead atoms. The van der Waals surface area contributed by atoms with Crippen LogP contribution < -0.4 is 32.4 Å². The van der Waals surface area contributed by atoms with Gasteiger partial charge in [-0.1, -0.05) is 48.5 Å². The van der Waals surface area contributed by atoms with E-state index in [0.717, 1.165) is 110 Å². The number of carboxylic acid groups (broad SMARTS) is 1. The van der Waals surface area contributed by atoms with E-state index in [1.807, 2.05) is 35.4 Å². The number of hydrogen-bond donors (Lipinski definition) is 7. The van der Waals surface area contributed by atoms with Gasteiger partial charge in [-0.05, 0) is 132 Å². The highest BCUT2D eigenvalue weighted by Gasteiger charge is 2.38. The van der Waals surface area contributed by atoms with Gasteiger partial charge in [-0.3, -0.25) is 0 Å². The van der Waals surface area contributed by atoms with Crippen molar-refractivity contribution < 1.29 is 42.8 Å². The van der Waals surface area contributed by atoms with Crippen LogP contribution in [0.25, 0.3) is 20.0 Å². The van der Waals surface area contributed by atoms with Crippen LogP contribution in [0.15, 0.2) is 70.1 Å². The van der Waals surface area contributed by atoms with Gasteiger partial charge in [-0.25, -0.2) is 24.7 Å². The first-order valence-electron chi connectivity index (χ1n) is 24.1. The van der Waals surface area contributed by atoms with Gasteiger partial charge in [0.1, 0.15) is 36.2 Å². The number of alkyl halides is 3. The van der Waals surface area contributed by atoms with Gasteiger partial charge in [0.05, 0.1) is 11.4 Å². The van der Waals surface area contributed by atoms with E-state index in [1.54, 1.807) is 45.3 Å². The zero-order valence-corrected chi connectivity index (χ0v) is 44.5. The summed E-state index contributed by atoms with van der Waals surface area (Å²) in [7, 11) is 0. The third-order valence-electron chi connectivity index (χ3n) is 12.2. The lowest BCUT2D eigenvalue weighted by Crippen LogP contribution is -2.21. The summed E-state index contributed by atoms with van der Waals surface area (Å²) in [6.07, 6.45) is -1.14. The number of phenols is 2. The van der Waals surface area contributed by atoms with Gasteiger partial charge in [-0.15, -0.1) is 45.3 Å². The summed E-state index contributed by atoms with van der Waals surface area (Å²) in [5.74, 6) is -1.00. The predicted molar refractivity (Wildman–Crippen MR) is 290 cm³/mol. The van der Waals surface area contributed by atoms with E-state index in [4.69, 9.17) is 52.3 Å². The molecule has 4 heterocycles. The molecule has 0 aliphatic heterocycles. The maximum Gasteiger partial charge on any atom is 0.490 e. The van der Waals surface area contributed by atoms with E-state index in [9.17, 15) is 23.4 Å². The number of benzene rings is 4. The summed E-state index contributed by atoms with van der Waals surface area (Å²) in [5.41, 5.74) is 39.0. The highest BCUT2D eigenvalue weighted by Crippen LogP contribution is 2.41. The normalized spacial score (nSPS) is 12.3. The number of thiazole rings is 4. The highest BCUT2D eigenvalue weighted by molar-refractivity contribution is 7.20. The van der Waals surface area contributed by atoms with Crippen LogP contribution in [0.5, 0.6) is 23.0 Å². The molecule has 1 aliphatic carbocycles. The SMILES string of the molecule is Cc1csc(-c2nc(COc3c4cc(CCN)cc3Cc3cc(CCN)cc(c3O)Cc3cc(CCN)cc(c3OCc3csc(-c5nc(C)cs5)n3)Cc3cc(CCN)cc(c3O)C4)cs2)n1.O=C(O)C(F)(F)F. The minimum atomic E-state index is -5.08. The Morgan fingerprint density at radius 1 is 0.507 bits per heavy atom. The Morgan fingerprint density at radius 3 is 1.03 bits per heavy atom. The number of carbonyl (C=O) groups is 1. The fourth-order valence-electron chi connectivity index (χ4n) is 8.96. The van der Waals surface area contributed by atoms with Crippen molar-refractivity contribution in [3.8, 4) is 43.0 Å². The zero-order chi connectivity index (χ0) is 53.4. The molecule has 4 aromatic carbocycles. The second-order valence-corrected chi connectivity index (χ2v) is 21.6. The average molecular weight is 1100 g/mol. The van der Waals surface area contributed by atoms with E-state index in [-0.39, 0.29) is 24.7 Å². The molecule has 0 saturated carbocycles. The number of halogens is 3. The number of hydrogen-bond acceptors (Lipinski definition) is 17. The summed E-state index contributed by atoms with van der Waals surface area (Å²) < 4.78 is 45.5. The fraction of sp³-hybridized carbons (Fsp3) is 0.315. The summed E-state index contributed by atoms with van der Waals surface area (Å²) >= 11 is 6.23. The smallest absolute Gasteiger partial charge is 0.490 e. The minimum Gasteiger partial charge on any atom is -0.507 e. The lowest BCUT2D eigenvalue weighted by Gasteiger charge is -2.23. The van der Waals surface area contributed by atoms with Crippen LogP contribution >= 0.6 is 45.3 Å². The first-order valence-corrected chi connectivity index (χ1v) is 27.6. The Labute approximate surface area is 447 Å². The quantitative estimate of drug-likeness (QED) is 0.0476. The summed E-state index contributed by atoms with van der Waals surface area (Å²) in [5, 5.41) is 43.6.